The Balaban J connectivity index is 1.61. The van der Waals surface area contributed by atoms with Gasteiger partial charge < -0.3 is 0 Å². The van der Waals surface area contributed by atoms with Crippen molar-refractivity contribution in [2.24, 2.45) is 10.2 Å². The molecule has 2 amide bonds. The summed E-state index contributed by atoms with van der Waals surface area (Å²) in [5.41, 5.74) is 5.94. The molecule has 0 unspecified atom stereocenters. The van der Waals surface area contributed by atoms with E-state index in [9.17, 15) is 9.59 Å². The third kappa shape index (κ3) is 8.87. The van der Waals surface area contributed by atoms with Crippen LogP contribution in [-0.2, 0) is 9.59 Å². The van der Waals surface area contributed by atoms with E-state index in [4.69, 9.17) is 46.4 Å². The number of benzene rings is 2. The molecule has 0 aliphatic heterocycles. The van der Waals surface area contributed by atoms with Crippen LogP contribution in [0.2, 0.25) is 20.1 Å². The van der Waals surface area contributed by atoms with Crippen LogP contribution in [0, 0.1) is 0 Å². The second-order valence-corrected chi connectivity index (χ2v) is 8.05. The number of carbonyl (C=O) groups is 2. The third-order valence-electron chi connectivity index (χ3n) is 4.07. The zero-order valence-corrected chi connectivity index (χ0v) is 19.4. The topological polar surface area (TPSA) is 82.9 Å². The van der Waals surface area contributed by atoms with Gasteiger partial charge in [-0.15, -0.1) is 0 Å². The quantitative estimate of drug-likeness (QED) is 0.243. The lowest BCUT2D eigenvalue weighted by Gasteiger charge is -2.03. The fourth-order valence-electron chi connectivity index (χ4n) is 2.47. The first-order valence-electron chi connectivity index (χ1n) is 9.40. The number of hydrogen-bond acceptors (Lipinski definition) is 4. The van der Waals surface area contributed by atoms with Crippen molar-refractivity contribution in [3.63, 3.8) is 0 Å². The second-order valence-electron chi connectivity index (χ2n) is 6.42. The van der Waals surface area contributed by atoms with E-state index >= 15 is 0 Å². The summed E-state index contributed by atoms with van der Waals surface area (Å²) in [5.74, 6) is -0.463. The van der Waals surface area contributed by atoms with Crippen LogP contribution >= 0.6 is 46.4 Å². The molecule has 0 saturated carbocycles. The molecular formula is C21H20Cl4N4O2. The van der Waals surface area contributed by atoms with E-state index in [1.807, 2.05) is 0 Å². The predicted molar refractivity (Wildman–Crippen MR) is 127 cm³/mol. The molecule has 0 spiro atoms. The van der Waals surface area contributed by atoms with Gasteiger partial charge in [0.15, 0.2) is 0 Å². The van der Waals surface area contributed by atoms with Crippen molar-refractivity contribution in [1.29, 1.82) is 0 Å². The van der Waals surface area contributed by atoms with Crippen molar-refractivity contribution < 1.29 is 9.59 Å². The minimum Gasteiger partial charge on any atom is -0.273 e. The minimum atomic E-state index is -0.231. The number of hydrogen-bond donors (Lipinski definition) is 2. The Morgan fingerprint density at radius 1 is 0.677 bits per heavy atom. The van der Waals surface area contributed by atoms with Crippen molar-refractivity contribution >= 4 is 70.6 Å². The number of nitrogens with zero attached hydrogens (tertiary/aromatic N) is 2. The highest BCUT2D eigenvalue weighted by atomic mass is 35.5. The predicted octanol–water partition coefficient (Wildman–Crippen LogP) is 5.85. The number of hydrazone groups is 2. The highest BCUT2D eigenvalue weighted by Crippen LogP contribution is 2.22. The molecular weight excluding hydrogens is 482 g/mol. The van der Waals surface area contributed by atoms with Gasteiger partial charge >= 0.3 is 0 Å². The smallest absolute Gasteiger partial charge is 0.240 e. The number of amides is 2. The average Bonchev–Trinajstić information content (AvgIpc) is 2.72. The molecule has 2 aromatic rings. The molecule has 0 atom stereocenters. The fourth-order valence-corrected chi connectivity index (χ4v) is 3.46. The number of nitrogens with one attached hydrogen (secondary N) is 2. The van der Waals surface area contributed by atoms with Gasteiger partial charge in [0.25, 0.3) is 0 Å². The van der Waals surface area contributed by atoms with Crippen LogP contribution in [-0.4, -0.2) is 24.2 Å². The van der Waals surface area contributed by atoms with Crippen molar-refractivity contribution in [2.45, 2.75) is 32.1 Å². The van der Waals surface area contributed by atoms with Crippen LogP contribution in [0.4, 0.5) is 0 Å². The van der Waals surface area contributed by atoms with Crippen molar-refractivity contribution in [3.05, 3.63) is 67.6 Å². The van der Waals surface area contributed by atoms with E-state index in [0.29, 0.717) is 63.3 Å². The molecule has 0 radical (unpaired) electrons. The average molecular weight is 502 g/mol. The molecule has 10 heteroatoms. The van der Waals surface area contributed by atoms with Crippen LogP contribution < -0.4 is 10.9 Å². The lowest BCUT2D eigenvalue weighted by molar-refractivity contribution is -0.121. The first-order valence-corrected chi connectivity index (χ1v) is 10.9. The van der Waals surface area contributed by atoms with E-state index in [0.717, 1.165) is 0 Å². The maximum atomic E-state index is 11.8. The molecule has 0 aromatic heterocycles. The summed E-state index contributed by atoms with van der Waals surface area (Å²) in [5, 5.41) is 9.53. The normalized spacial score (nSPS) is 11.2. The van der Waals surface area contributed by atoms with E-state index in [1.165, 1.54) is 12.4 Å². The van der Waals surface area contributed by atoms with E-state index < -0.39 is 0 Å². The fraction of sp³-hybridized carbons (Fsp3) is 0.238. The molecule has 0 heterocycles. The zero-order chi connectivity index (χ0) is 22.6. The third-order valence-corrected chi connectivity index (χ3v) is 5.39. The van der Waals surface area contributed by atoms with Crippen LogP contribution in [0.1, 0.15) is 43.2 Å². The van der Waals surface area contributed by atoms with Crippen molar-refractivity contribution in [3.8, 4) is 0 Å². The van der Waals surface area contributed by atoms with Gasteiger partial charge in [-0.3, -0.25) is 9.59 Å². The summed E-state index contributed by atoms with van der Waals surface area (Å²) < 4.78 is 0. The summed E-state index contributed by atoms with van der Waals surface area (Å²) in [6, 6.07) is 10.2. The van der Waals surface area contributed by atoms with Crippen molar-refractivity contribution in [1.82, 2.24) is 10.9 Å². The second kappa shape index (κ2) is 13.3. The largest absolute Gasteiger partial charge is 0.273 e. The van der Waals surface area contributed by atoms with Gasteiger partial charge in [0.1, 0.15) is 0 Å². The Morgan fingerprint density at radius 3 is 1.39 bits per heavy atom. The number of carbonyl (C=O) groups excluding carboxylic acids is 2. The molecule has 0 fully saturated rings. The Labute approximate surface area is 200 Å². The van der Waals surface area contributed by atoms with E-state index in [1.54, 1.807) is 36.4 Å². The number of halogens is 4. The van der Waals surface area contributed by atoms with Crippen LogP contribution in [0.15, 0.2) is 46.6 Å². The molecule has 2 N–H and O–H groups in total. The van der Waals surface area contributed by atoms with Crippen LogP contribution in [0.5, 0.6) is 0 Å². The number of rotatable bonds is 10. The lowest BCUT2D eigenvalue weighted by atomic mass is 10.1. The van der Waals surface area contributed by atoms with Gasteiger partial charge in [0.05, 0.1) is 32.5 Å². The molecule has 6 nitrogen and oxygen atoms in total. The first-order chi connectivity index (χ1) is 14.9. The molecule has 164 valence electrons. The molecule has 2 rings (SSSR count). The van der Waals surface area contributed by atoms with Gasteiger partial charge in [0, 0.05) is 24.0 Å². The van der Waals surface area contributed by atoms with Gasteiger partial charge in [-0.2, -0.15) is 10.2 Å². The number of unbranched alkanes of at least 4 members (excludes halogenated alkanes) is 2. The zero-order valence-electron chi connectivity index (χ0n) is 16.4. The summed E-state index contributed by atoms with van der Waals surface area (Å²) in [7, 11) is 0. The molecule has 0 aliphatic carbocycles. The first kappa shape index (κ1) is 25.1. The molecule has 2 aromatic carbocycles. The monoisotopic (exact) mass is 500 g/mol. The minimum absolute atomic E-state index is 0.231. The molecule has 0 bridgehead atoms. The van der Waals surface area contributed by atoms with Gasteiger partial charge in [-0.05, 0) is 37.1 Å². The summed E-state index contributed by atoms with van der Waals surface area (Å²) in [6.07, 6.45) is 5.35. The molecule has 31 heavy (non-hydrogen) atoms. The Bertz CT molecular complexity index is 862. The van der Waals surface area contributed by atoms with Gasteiger partial charge in [0.2, 0.25) is 11.8 Å². The van der Waals surface area contributed by atoms with E-state index in [-0.39, 0.29) is 11.8 Å². The highest BCUT2D eigenvalue weighted by molar-refractivity contribution is 6.39. The van der Waals surface area contributed by atoms with E-state index in [2.05, 4.69) is 21.1 Å². The molecule has 0 aliphatic rings. The standard InChI is InChI=1S/C21H20Cl4N4O2/c22-16-6-4-7-17(23)14(16)12-26-28-20(30)10-2-1-3-11-21(31)29-27-13-15-18(24)8-5-9-19(15)25/h4-9,12-13H,1-3,10-11H2,(H,28,30)(H,29,31). The molecule has 0 saturated heterocycles. The SMILES string of the molecule is O=C(CCCCCC(=O)NN=Cc1c(Cl)cccc1Cl)NN=Cc1c(Cl)cccc1Cl. The van der Waals surface area contributed by atoms with Crippen LogP contribution in [0.3, 0.4) is 0 Å². The Hall–Kier alpha value is -2.12. The van der Waals surface area contributed by atoms with Crippen molar-refractivity contribution in [2.75, 3.05) is 0 Å². The maximum absolute atomic E-state index is 11.8. The maximum Gasteiger partial charge on any atom is 0.240 e. The Morgan fingerprint density at radius 2 is 1.03 bits per heavy atom. The summed E-state index contributed by atoms with van der Waals surface area (Å²) in [6.45, 7) is 0. The Kier molecular flexibility index (Phi) is 10.8. The summed E-state index contributed by atoms with van der Waals surface area (Å²) in [4.78, 5) is 23.6. The lowest BCUT2D eigenvalue weighted by Crippen LogP contribution is -2.18. The van der Waals surface area contributed by atoms with Crippen LogP contribution in [0.25, 0.3) is 0 Å². The summed E-state index contributed by atoms with van der Waals surface area (Å²) >= 11 is 24.1. The van der Waals surface area contributed by atoms with Gasteiger partial charge in [-0.1, -0.05) is 65.0 Å². The highest BCUT2D eigenvalue weighted by Gasteiger charge is 2.05. The van der Waals surface area contributed by atoms with Gasteiger partial charge in [-0.25, -0.2) is 10.9 Å².